The normalized spacial score (nSPS) is 10.5. The van der Waals surface area contributed by atoms with E-state index >= 15 is 0 Å². The van der Waals surface area contributed by atoms with Crippen LogP contribution >= 0.6 is 54.8 Å². The lowest BCUT2D eigenvalue weighted by Crippen LogP contribution is -2.30. The van der Waals surface area contributed by atoms with E-state index < -0.39 is 0 Å². The minimum absolute atomic E-state index is 0.0430. The molecule has 0 fully saturated rings. The third-order valence-electron chi connectivity index (χ3n) is 2.73. The van der Waals surface area contributed by atoms with Crippen LogP contribution in [-0.2, 0) is 0 Å². The molecule has 0 atom stereocenters. The molecule has 2 aromatic rings. The number of nitrogens with zero attached hydrogens (tertiary/aromatic N) is 1. The monoisotopic (exact) mass is 451 g/mol. The summed E-state index contributed by atoms with van der Waals surface area (Å²) >= 11 is 14.1. The van der Waals surface area contributed by atoms with Crippen molar-refractivity contribution < 1.29 is 9.53 Å². The quantitative estimate of drug-likeness (QED) is 0.632. The van der Waals surface area contributed by atoms with Crippen molar-refractivity contribution in [2.75, 3.05) is 20.2 Å². The van der Waals surface area contributed by atoms with Gasteiger partial charge in [-0.05, 0) is 56.1 Å². The Bertz CT molecular complexity index is 648. The molecule has 0 N–H and O–H groups in total. The van der Waals surface area contributed by atoms with Crippen molar-refractivity contribution >= 4 is 60.7 Å². The van der Waals surface area contributed by atoms with Crippen LogP contribution in [0.2, 0.25) is 5.02 Å². The van der Waals surface area contributed by atoms with Gasteiger partial charge in [0, 0.05) is 12.1 Å². The molecular weight excluding hydrogens is 441 g/mol. The number of benzene rings is 1. The lowest BCUT2D eigenvalue weighted by Gasteiger charge is -2.17. The fraction of sp³-hybridized carbons (Fsp3) is 0.214. The van der Waals surface area contributed by atoms with Gasteiger partial charge in [-0.1, -0.05) is 17.7 Å². The number of ether oxygens (including phenoxy) is 1. The van der Waals surface area contributed by atoms with Crippen molar-refractivity contribution in [2.45, 2.75) is 0 Å². The van der Waals surface area contributed by atoms with Crippen molar-refractivity contribution in [3.05, 3.63) is 48.5 Å². The maximum Gasteiger partial charge on any atom is 0.255 e. The van der Waals surface area contributed by atoms with Gasteiger partial charge in [0.2, 0.25) is 0 Å². The second-order valence-electron chi connectivity index (χ2n) is 4.27. The Morgan fingerprint density at radius 3 is 2.76 bits per heavy atom. The lowest BCUT2D eigenvalue weighted by molar-refractivity contribution is 0.0773. The van der Waals surface area contributed by atoms with Gasteiger partial charge in [-0.25, -0.2) is 0 Å². The number of hydrogen-bond acceptors (Lipinski definition) is 3. The van der Waals surface area contributed by atoms with E-state index in [1.54, 1.807) is 24.1 Å². The topological polar surface area (TPSA) is 29.5 Å². The molecule has 1 amide bonds. The maximum atomic E-state index is 12.3. The molecule has 1 heterocycles. The van der Waals surface area contributed by atoms with Crippen LogP contribution in [-0.4, -0.2) is 31.0 Å². The fourth-order valence-corrected chi connectivity index (χ4v) is 4.61. The molecule has 21 heavy (non-hydrogen) atoms. The zero-order valence-electron chi connectivity index (χ0n) is 11.1. The van der Waals surface area contributed by atoms with E-state index in [0.717, 1.165) is 7.57 Å². The summed E-state index contributed by atoms with van der Waals surface area (Å²) in [5, 5.41) is 0.629. The van der Waals surface area contributed by atoms with Crippen LogP contribution in [0, 0.1) is 0 Å². The molecule has 0 saturated heterocycles. The first kappa shape index (κ1) is 16.8. The summed E-state index contributed by atoms with van der Waals surface area (Å²) in [6.45, 7) is 0.900. The molecule has 0 aliphatic carbocycles. The summed E-state index contributed by atoms with van der Waals surface area (Å²) in [7, 11) is 1.75. The van der Waals surface area contributed by atoms with Crippen LogP contribution in [0.15, 0.2) is 37.9 Å². The number of carbonyl (C=O) groups is 1. The highest BCUT2D eigenvalue weighted by molar-refractivity contribution is 9.12. The molecule has 0 unspecified atom stereocenters. The number of carbonyl (C=O) groups excluding carboxylic acids is 1. The van der Waals surface area contributed by atoms with Gasteiger partial charge in [-0.2, -0.15) is 0 Å². The molecule has 0 bridgehead atoms. The molecule has 2 rings (SSSR count). The van der Waals surface area contributed by atoms with E-state index in [4.69, 9.17) is 16.3 Å². The predicted molar refractivity (Wildman–Crippen MR) is 93.6 cm³/mol. The third-order valence-corrected chi connectivity index (χ3v) is 5.30. The molecule has 0 aliphatic heterocycles. The molecule has 7 heteroatoms. The average molecular weight is 454 g/mol. The lowest BCUT2D eigenvalue weighted by atomic mass is 10.3. The number of rotatable bonds is 5. The predicted octanol–water partition coefficient (Wildman–Crippen LogP) is 5.08. The molecule has 0 saturated carbocycles. The van der Waals surface area contributed by atoms with Crippen LogP contribution in [0.25, 0.3) is 0 Å². The van der Waals surface area contributed by atoms with Crippen molar-refractivity contribution in [3.8, 4) is 5.75 Å². The maximum absolute atomic E-state index is 12.3. The highest BCUT2D eigenvalue weighted by Crippen LogP contribution is 2.32. The Morgan fingerprint density at radius 2 is 2.14 bits per heavy atom. The van der Waals surface area contributed by atoms with E-state index in [1.807, 2.05) is 18.2 Å². The first-order valence-corrected chi connectivity index (χ1v) is 8.84. The summed E-state index contributed by atoms with van der Waals surface area (Å²) < 4.78 is 7.32. The zero-order chi connectivity index (χ0) is 15.4. The van der Waals surface area contributed by atoms with Crippen molar-refractivity contribution in [3.63, 3.8) is 0 Å². The largest absolute Gasteiger partial charge is 0.492 e. The summed E-state index contributed by atoms with van der Waals surface area (Å²) in [5.74, 6) is 0.654. The first-order chi connectivity index (χ1) is 9.97. The number of halogens is 3. The molecule has 0 radical (unpaired) electrons. The summed E-state index contributed by atoms with van der Waals surface area (Å²) in [6, 6.07) is 9.00. The summed E-state index contributed by atoms with van der Waals surface area (Å²) in [6.07, 6.45) is 0. The second-order valence-corrected chi connectivity index (χ2v) is 8.46. The second kappa shape index (κ2) is 7.63. The van der Waals surface area contributed by atoms with Crippen molar-refractivity contribution in [2.24, 2.45) is 0 Å². The first-order valence-electron chi connectivity index (χ1n) is 6.06. The molecule has 1 aromatic heterocycles. The van der Waals surface area contributed by atoms with E-state index in [0.29, 0.717) is 29.5 Å². The van der Waals surface area contributed by atoms with Crippen molar-refractivity contribution in [1.29, 1.82) is 0 Å². The van der Waals surface area contributed by atoms with Crippen LogP contribution in [0.1, 0.15) is 10.4 Å². The number of hydrogen-bond donors (Lipinski definition) is 0. The van der Waals surface area contributed by atoms with Crippen LogP contribution < -0.4 is 4.74 Å². The Balaban J connectivity index is 1.88. The Hall–Kier alpha value is -0.560. The van der Waals surface area contributed by atoms with E-state index in [-0.39, 0.29) is 5.91 Å². The Kier molecular flexibility index (Phi) is 6.10. The third kappa shape index (κ3) is 4.71. The number of likely N-dealkylation sites (N-methyl/N-ethyl adjacent to an activating group) is 1. The Morgan fingerprint density at radius 1 is 1.38 bits per heavy atom. The van der Waals surface area contributed by atoms with E-state index in [9.17, 15) is 4.79 Å². The smallest absolute Gasteiger partial charge is 0.255 e. The molecule has 0 aliphatic rings. The highest BCUT2D eigenvalue weighted by Gasteiger charge is 2.17. The van der Waals surface area contributed by atoms with Gasteiger partial charge >= 0.3 is 0 Å². The molecule has 3 nitrogen and oxygen atoms in total. The number of thiophene rings is 1. The van der Waals surface area contributed by atoms with Gasteiger partial charge in [-0.3, -0.25) is 4.79 Å². The molecular formula is C14H12Br2ClNO2S. The zero-order valence-corrected chi connectivity index (χ0v) is 15.9. The van der Waals surface area contributed by atoms with Gasteiger partial charge in [-0.15, -0.1) is 11.3 Å². The molecule has 112 valence electrons. The van der Waals surface area contributed by atoms with Crippen LogP contribution in [0.5, 0.6) is 5.75 Å². The standard InChI is InChI=1S/C14H12Br2ClNO2S/c1-18(14(19)11-8-12(15)21-13(11)16)5-6-20-10-4-2-3-9(17)7-10/h2-4,7-8H,5-6H2,1H3. The molecule has 1 aromatic carbocycles. The Labute approximate surface area is 149 Å². The van der Waals surface area contributed by atoms with Gasteiger partial charge < -0.3 is 9.64 Å². The van der Waals surface area contributed by atoms with Crippen molar-refractivity contribution in [1.82, 2.24) is 4.90 Å². The van der Waals surface area contributed by atoms with E-state index in [2.05, 4.69) is 31.9 Å². The minimum Gasteiger partial charge on any atom is -0.492 e. The minimum atomic E-state index is -0.0430. The molecule has 0 spiro atoms. The SMILES string of the molecule is CN(CCOc1cccc(Cl)c1)C(=O)c1cc(Br)sc1Br. The van der Waals surface area contributed by atoms with Gasteiger partial charge in [0.1, 0.15) is 12.4 Å². The number of amides is 1. The van der Waals surface area contributed by atoms with Gasteiger partial charge in [0.15, 0.2) is 0 Å². The summed E-state index contributed by atoms with van der Waals surface area (Å²) in [5.41, 5.74) is 0.650. The fourth-order valence-electron chi connectivity index (χ4n) is 1.65. The van der Waals surface area contributed by atoms with Crippen LogP contribution in [0.4, 0.5) is 0 Å². The van der Waals surface area contributed by atoms with Gasteiger partial charge in [0.25, 0.3) is 5.91 Å². The summed E-state index contributed by atoms with van der Waals surface area (Å²) in [4.78, 5) is 13.9. The highest BCUT2D eigenvalue weighted by atomic mass is 79.9. The van der Waals surface area contributed by atoms with Gasteiger partial charge in [0.05, 0.1) is 19.7 Å². The average Bonchev–Trinajstić information content (AvgIpc) is 2.77. The van der Waals surface area contributed by atoms with Crippen LogP contribution in [0.3, 0.4) is 0 Å². The van der Waals surface area contributed by atoms with E-state index in [1.165, 1.54) is 11.3 Å².